The van der Waals surface area contributed by atoms with Gasteiger partial charge in [-0.25, -0.2) is 9.18 Å². The molecule has 0 bridgehead atoms. The molecule has 0 fully saturated rings. The van der Waals surface area contributed by atoms with Gasteiger partial charge in [-0.2, -0.15) is 0 Å². The van der Waals surface area contributed by atoms with Crippen molar-refractivity contribution in [3.8, 4) is 11.5 Å². The fraction of sp³-hybridized carbons (Fsp3) is 0.300. The van der Waals surface area contributed by atoms with E-state index in [1.807, 2.05) is 0 Å². The Labute approximate surface area is 156 Å². The number of carbonyl (C=O) groups is 2. The fourth-order valence-electron chi connectivity index (χ4n) is 3.15. The highest BCUT2D eigenvalue weighted by Gasteiger charge is 2.24. The Kier molecular flexibility index (Phi) is 5.30. The lowest BCUT2D eigenvalue weighted by Crippen LogP contribution is -2.32. The third kappa shape index (κ3) is 4.02. The number of nitrogens with zero attached hydrogens (tertiary/aromatic N) is 1. The molecule has 2 aromatic carbocycles. The monoisotopic (exact) mass is 373 g/mol. The van der Waals surface area contributed by atoms with E-state index in [4.69, 9.17) is 14.6 Å². The van der Waals surface area contributed by atoms with Gasteiger partial charge in [0.05, 0.1) is 13.1 Å². The summed E-state index contributed by atoms with van der Waals surface area (Å²) in [6, 6.07) is 7.92. The molecule has 0 atom stereocenters. The molecule has 1 heterocycles. The molecule has 142 valence electrons. The van der Waals surface area contributed by atoms with E-state index in [2.05, 4.69) is 0 Å². The quantitative estimate of drug-likeness (QED) is 0.892. The van der Waals surface area contributed by atoms with Gasteiger partial charge in [0.15, 0.2) is 6.61 Å². The first-order valence-electron chi connectivity index (χ1n) is 8.52. The van der Waals surface area contributed by atoms with Gasteiger partial charge in [0.25, 0.3) is 5.91 Å². The van der Waals surface area contributed by atoms with Crippen molar-refractivity contribution in [1.29, 1.82) is 0 Å². The second-order valence-electron chi connectivity index (χ2n) is 6.41. The molecule has 6 nitrogen and oxygen atoms in total. The normalized spacial score (nSPS) is 13.4. The number of fused-ring (bicyclic) bond motifs is 1. The first-order chi connectivity index (χ1) is 12.9. The predicted molar refractivity (Wildman–Crippen MR) is 95.7 cm³/mol. The van der Waals surface area contributed by atoms with Crippen LogP contribution in [-0.2, 0) is 11.3 Å². The van der Waals surface area contributed by atoms with E-state index in [0.717, 1.165) is 0 Å². The van der Waals surface area contributed by atoms with Crippen molar-refractivity contribution in [1.82, 2.24) is 4.90 Å². The second kappa shape index (κ2) is 7.65. The topological polar surface area (TPSA) is 76.1 Å². The van der Waals surface area contributed by atoms with Crippen LogP contribution in [-0.4, -0.2) is 41.6 Å². The molecule has 0 aromatic heterocycles. The van der Waals surface area contributed by atoms with Crippen molar-refractivity contribution in [3.05, 3.63) is 58.4 Å². The van der Waals surface area contributed by atoms with Gasteiger partial charge in [0, 0.05) is 11.1 Å². The first-order valence-corrected chi connectivity index (χ1v) is 8.52. The van der Waals surface area contributed by atoms with E-state index >= 15 is 0 Å². The summed E-state index contributed by atoms with van der Waals surface area (Å²) in [7, 11) is 0. The van der Waals surface area contributed by atoms with Crippen LogP contribution in [0.1, 0.15) is 27.0 Å². The van der Waals surface area contributed by atoms with Crippen LogP contribution in [0.2, 0.25) is 0 Å². The lowest BCUT2D eigenvalue weighted by Gasteiger charge is -2.21. The van der Waals surface area contributed by atoms with E-state index in [1.54, 1.807) is 43.0 Å². The second-order valence-corrected chi connectivity index (χ2v) is 6.41. The summed E-state index contributed by atoms with van der Waals surface area (Å²) in [5.74, 6) is -0.818. The number of hydrogen-bond acceptors (Lipinski definition) is 4. The largest absolute Gasteiger partial charge is 0.491 e. The Bertz CT molecular complexity index is 873. The van der Waals surface area contributed by atoms with Gasteiger partial charge >= 0.3 is 5.97 Å². The number of aryl methyl sites for hydroxylation is 2. The number of rotatable bonds is 4. The molecule has 1 N–H and O–H groups in total. The molecule has 1 aliphatic rings. The number of ether oxygens (including phenoxy) is 2. The average molecular weight is 373 g/mol. The van der Waals surface area contributed by atoms with Crippen LogP contribution in [0.5, 0.6) is 11.5 Å². The minimum atomic E-state index is -1.07. The van der Waals surface area contributed by atoms with Gasteiger partial charge in [0.1, 0.15) is 23.9 Å². The fourth-order valence-corrected chi connectivity index (χ4v) is 3.15. The molecule has 0 saturated carbocycles. The van der Waals surface area contributed by atoms with Crippen LogP contribution in [0.25, 0.3) is 0 Å². The van der Waals surface area contributed by atoms with Gasteiger partial charge < -0.3 is 19.5 Å². The zero-order valence-corrected chi connectivity index (χ0v) is 15.1. The Morgan fingerprint density at radius 1 is 1.26 bits per heavy atom. The number of carbonyl (C=O) groups excluding carboxylic acids is 1. The van der Waals surface area contributed by atoms with Gasteiger partial charge in [-0.15, -0.1) is 0 Å². The highest BCUT2D eigenvalue weighted by Crippen LogP contribution is 2.28. The molecule has 0 saturated heterocycles. The summed E-state index contributed by atoms with van der Waals surface area (Å²) in [6.45, 7) is 3.79. The number of benzene rings is 2. The molecule has 0 aliphatic carbocycles. The number of halogens is 1. The van der Waals surface area contributed by atoms with Crippen LogP contribution < -0.4 is 9.47 Å². The lowest BCUT2D eigenvalue weighted by molar-refractivity contribution is -0.139. The summed E-state index contributed by atoms with van der Waals surface area (Å²) < 4.78 is 25.0. The number of carboxylic acid groups (broad SMARTS) is 1. The van der Waals surface area contributed by atoms with Crippen LogP contribution in [0.4, 0.5) is 4.39 Å². The molecule has 0 radical (unpaired) electrons. The maximum absolute atomic E-state index is 14.1. The average Bonchev–Trinajstić information content (AvgIpc) is 2.83. The van der Waals surface area contributed by atoms with E-state index in [0.29, 0.717) is 40.3 Å². The van der Waals surface area contributed by atoms with Gasteiger partial charge in [-0.1, -0.05) is 6.07 Å². The molecule has 1 amide bonds. The molecule has 2 aromatic rings. The molecule has 0 spiro atoms. The Hall–Kier alpha value is -3.09. The van der Waals surface area contributed by atoms with Gasteiger partial charge in [-0.3, -0.25) is 4.79 Å². The number of aliphatic carboxylic acids is 1. The molecule has 27 heavy (non-hydrogen) atoms. The summed E-state index contributed by atoms with van der Waals surface area (Å²) in [5, 5.41) is 8.77. The number of carboxylic acids is 1. The van der Waals surface area contributed by atoms with Gasteiger partial charge in [-0.05, 0) is 49.2 Å². The first kappa shape index (κ1) is 18.7. The molecule has 1 aliphatic heterocycles. The maximum atomic E-state index is 14.1. The van der Waals surface area contributed by atoms with Crippen molar-refractivity contribution in [2.24, 2.45) is 0 Å². The third-order valence-corrected chi connectivity index (χ3v) is 4.38. The van der Waals surface area contributed by atoms with Crippen molar-refractivity contribution < 1.29 is 28.6 Å². The highest BCUT2D eigenvalue weighted by molar-refractivity contribution is 5.95. The van der Waals surface area contributed by atoms with Crippen molar-refractivity contribution in [2.45, 2.75) is 20.4 Å². The van der Waals surface area contributed by atoms with Crippen molar-refractivity contribution in [2.75, 3.05) is 19.8 Å². The van der Waals surface area contributed by atoms with E-state index < -0.39 is 18.4 Å². The summed E-state index contributed by atoms with van der Waals surface area (Å²) in [6.07, 6.45) is 0. The Morgan fingerprint density at radius 2 is 1.96 bits per heavy atom. The minimum absolute atomic E-state index is 0.121. The third-order valence-electron chi connectivity index (χ3n) is 4.38. The predicted octanol–water partition coefficient (Wildman–Crippen LogP) is 2.94. The van der Waals surface area contributed by atoms with Crippen LogP contribution in [0, 0.1) is 19.7 Å². The standard InChI is InChI=1S/C20H20FNO5/c1-12-8-14(9-13(2)19(12)27-11-18(23)24)20(25)22-6-7-26-17-5-3-4-16(21)15(17)10-22/h3-5,8-9H,6-7,10-11H2,1-2H3,(H,23,24). The summed E-state index contributed by atoms with van der Waals surface area (Å²) in [5.41, 5.74) is 2.13. The van der Waals surface area contributed by atoms with Crippen LogP contribution >= 0.6 is 0 Å². The Morgan fingerprint density at radius 3 is 2.63 bits per heavy atom. The van der Waals surface area contributed by atoms with Crippen molar-refractivity contribution >= 4 is 11.9 Å². The van der Waals surface area contributed by atoms with E-state index in [-0.39, 0.29) is 19.1 Å². The molecular weight excluding hydrogens is 353 g/mol. The maximum Gasteiger partial charge on any atom is 0.341 e. The molecule has 7 heteroatoms. The molecule has 0 unspecified atom stereocenters. The lowest BCUT2D eigenvalue weighted by atomic mass is 10.0. The summed E-state index contributed by atoms with van der Waals surface area (Å²) in [4.78, 5) is 25.2. The zero-order chi connectivity index (χ0) is 19.6. The SMILES string of the molecule is Cc1cc(C(=O)N2CCOc3cccc(F)c3C2)cc(C)c1OCC(=O)O. The summed E-state index contributed by atoms with van der Waals surface area (Å²) >= 11 is 0. The van der Waals surface area contributed by atoms with Gasteiger partial charge in [0.2, 0.25) is 0 Å². The number of hydrogen-bond donors (Lipinski definition) is 1. The van der Waals surface area contributed by atoms with E-state index in [9.17, 15) is 14.0 Å². The molecule has 3 rings (SSSR count). The highest BCUT2D eigenvalue weighted by atomic mass is 19.1. The Balaban J connectivity index is 1.85. The minimum Gasteiger partial charge on any atom is -0.491 e. The zero-order valence-electron chi connectivity index (χ0n) is 15.1. The van der Waals surface area contributed by atoms with E-state index in [1.165, 1.54) is 6.07 Å². The van der Waals surface area contributed by atoms with Crippen LogP contribution in [0.15, 0.2) is 30.3 Å². The number of amides is 1. The van der Waals surface area contributed by atoms with Crippen molar-refractivity contribution in [3.63, 3.8) is 0 Å². The molecular formula is C20H20FNO5. The van der Waals surface area contributed by atoms with Crippen LogP contribution in [0.3, 0.4) is 0 Å². The smallest absolute Gasteiger partial charge is 0.341 e.